The van der Waals surface area contributed by atoms with Gasteiger partial charge in [-0.3, -0.25) is 9.36 Å². The van der Waals surface area contributed by atoms with E-state index < -0.39 is 12.0 Å². The van der Waals surface area contributed by atoms with Crippen LogP contribution in [0.2, 0.25) is 0 Å². The van der Waals surface area contributed by atoms with Crippen LogP contribution in [0.25, 0.3) is 11.1 Å². The molecule has 0 unspecified atom stereocenters. The molecule has 0 amide bonds. The standard InChI is InChI=1S/C35H38N4O3S2/c1-9-11-28-30(34(41)42-10-2)31(25-14-12-24(13-15-25)19(3)4)39-32(40)29(44-35(39)37-28)17-26-16-20(5)38(22(26)7)33-27(18-36)21(6)23(8)43-33/h12-17,19,31H,9-11H2,1-8H3/b29-17+/t31-/m1/s1. The lowest BCUT2D eigenvalue weighted by atomic mass is 9.92. The second-order valence-electron chi connectivity index (χ2n) is 11.5. The van der Waals surface area contributed by atoms with Gasteiger partial charge in [0.2, 0.25) is 0 Å². The summed E-state index contributed by atoms with van der Waals surface area (Å²) in [6.07, 6.45) is 3.31. The molecule has 3 aromatic heterocycles. The molecule has 1 aromatic carbocycles. The number of rotatable bonds is 8. The van der Waals surface area contributed by atoms with E-state index in [9.17, 15) is 14.9 Å². The molecule has 0 N–H and O–H groups in total. The van der Waals surface area contributed by atoms with E-state index in [1.807, 2.05) is 52.0 Å². The highest BCUT2D eigenvalue weighted by Gasteiger charge is 2.34. The Morgan fingerprint density at radius 3 is 2.45 bits per heavy atom. The van der Waals surface area contributed by atoms with Gasteiger partial charge in [-0.25, -0.2) is 9.79 Å². The predicted octanol–water partition coefficient (Wildman–Crippen LogP) is 6.66. The Kier molecular flexibility index (Phi) is 8.96. The minimum Gasteiger partial charge on any atom is -0.463 e. The molecule has 44 heavy (non-hydrogen) atoms. The van der Waals surface area contributed by atoms with Gasteiger partial charge in [0, 0.05) is 16.3 Å². The fourth-order valence-electron chi connectivity index (χ4n) is 5.79. The average molecular weight is 627 g/mol. The van der Waals surface area contributed by atoms with Crippen LogP contribution < -0.4 is 14.9 Å². The summed E-state index contributed by atoms with van der Waals surface area (Å²) in [4.78, 5) is 34.3. The second-order valence-corrected chi connectivity index (χ2v) is 13.7. The Bertz CT molecular complexity index is 2010. The summed E-state index contributed by atoms with van der Waals surface area (Å²) in [5, 5.41) is 10.8. The van der Waals surface area contributed by atoms with Crippen molar-refractivity contribution in [2.75, 3.05) is 6.61 Å². The molecule has 9 heteroatoms. The number of hydrogen-bond acceptors (Lipinski definition) is 7. The maximum Gasteiger partial charge on any atom is 0.338 e. The third-order valence-electron chi connectivity index (χ3n) is 8.25. The largest absolute Gasteiger partial charge is 0.463 e. The first-order valence-electron chi connectivity index (χ1n) is 15.0. The van der Waals surface area contributed by atoms with Gasteiger partial charge in [-0.1, -0.05) is 62.8 Å². The van der Waals surface area contributed by atoms with Gasteiger partial charge in [0.25, 0.3) is 5.56 Å². The SMILES string of the molecule is CCCC1=C(C(=O)OCC)[C@@H](c2ccc(C(C)C)cc2)n2c(s/c(=C/c3cc(C)n(-c4sc(C)c(C)c4C#N)c3C)c2=O)=N1. The summed E-state index contributed by atoms with van der Waals surface area (Å²) < 4.78 is 9.82. The minimum atomic E-state index is -0.641. The van der Waals surface area contributed by atoms with Crippen molar-refractivity contribution in [3.05, 3.63) is 105 Å². The molecule has 0 spiro atoms. The highest BCUT2D eigenvalue weighted by molar-refractivity contribution is 7.15. The van der Waals surface area contributed by atoms with Gasteiger partial charge in [0.15, 0.2) is 4.80 Å². The molecule has 7 nitrogen and oxygen atoms in total. The van der Waals surface area contributed by atoms with Crippen molar-refractivity contribution in [3.8, 4) is 11.1 Å². The number of ether oxygens (including phenoxy) is 1. The molecular weight excluding hydrogens is 589 g/mol. The summed E-state index contributed by atoms with van der Waals surface area (Å²) in [5.74, 6) is -0.0858. The predicted molar refractivity (Wildman–Crippen MR) is 177 cm³/mol. The van der Waals surface area contributed by atoms with Crippen molar-refractivity contribution >= 4 is 34.7 Å². The molecule has 1 aliphatic rings. The molecule has 0 aliphatic carbocycles. The molecule has 0 fully saturated rings. The first-order chi connectivity index (χ1) is 21.0. The van der Waals surface area contributed by atoms with E-state index in [0.717, 1.165) is 44.4 Å². The molecule has 5 rings (SSSR count). The normalized spacial score (nSPS) is 15.0. The fourth-order valence-corrected chi connectivity index (χ4v) is 8.01. The Hall–Kier alpha value is -4.00. The van der Waals surface area contributed by atoms with E-state index in [-0.39, 0.29) is 12.2 Å². The van der Waals surface area contributed by atoms with Crippen LogP contribution in [0.4, 0.5) is 0 Å². The maximum absolute atomic E-state index is 14.2. The van der Waals surface area contributed by atoms with E-state index in [1.54, 1.807) is 22.8 Å². The Morgan fingerprint density at radius 1 is 1.14 bits per heavy atom. The van der Waals surface area contributed by atoms with Gasteiger partial charge in [-0.15, -0.1) is 11.3 Å². The van der Waals surface area contributed by atoms with Crippen molar-refractivity contribution in [2.45, 2.75) is 80.2 Å². The topological polar surface area (TPSA) is 89.4 Å². The van der Waals surface area contributed by atoms with Gasteiger partial charge in [0.05, 0.1) is 34.0 Å². The van der Waals surface area contributed by atoms with E-state index in [1.165, 1.54) is 16.9 Å². The zero-order chi connectivity index (χ0) is 31.9. The maximum atomic E-state index is 14.2. The lowest BCUT2D eigenvalue weighted by Gasteiger charge is -2.26. The van der Waals surface area contributed by atoms with Gasteiger partial charge in [-0.05, 0) is 81.4 Å². The highest BCUT2D eigenvalue weighted by Crippen LogP contribution is 2.35. The quantitative estimate of drug-likeness (QED) is 0.205. The number of carbonyl (C=O) groups excluding carboxylic acids is 1. The van der Waals surface area contributed by atoms with Crippen LogP contribution >= 0.6 is 22.7 Å². The van der Waals surface area contributed by atoms with Crippen LogP contribution in [-0.2, 0) is 9.53 Å². The van der Waals surface area contributed by atoms with Crippen LogP contribution in [-0.4, -0.2) is 21.7 Å². The van der Waals surface area contributed by atoms with Crippen LogP contribution in [0.5, 0.6) is 0 Å². The third-order valence-corrected chi connectivity index (χ3v) is 10.4. The van der Waals surface area contributed by atoms with Gasteiger partial charge < -0.3 is 9.30 Å². The number of hydrogen-bond donors (Lipinski definition) is 0. The zero-order valence-electron chi connectivity index (χ0n) is 26.6. The summed E-state index contributed by atoms with van der Waals surface area (Å²) in [6, 6.07) is 11.9. The number of allylic oxidation sites excluding steroid dienone is 1. The average Bonchev–Trinajstić information content (AvgIpc) is 3.56. The first-order valence-corrected chi connectivity index (χ1v) is 16.7. The number of fused-ring (bicyclic) bond motifs is 1. The Balaban J connectivity index is 1.73. The summed E-state index contributed by atoms with van der Waals surface area (Å²) in [5.41, 5.74) is 7.43. The smallest absolute Gasteiger partial charge is 0.338 e. The third kappa shape index (κ3) is 5.42. The van der Waals surface area contributed by atoms with Crippen LogP contribution in [0.3, 0.4) is 0 Å². The summed E-state index contributed by atoms with van der Waals surface area (Å²) >= 11 is 2.94. The molecule has 1 atom stereocenters. The van der Waals surface area contributed by atoms with E-state index in [4.69, 9.17) is 9.73 Å². The van der Waals surface area contributed by atoms with Crippen molar-refractivity contribution in [1.82, 2.24) is 9.13 Å². The number of carbonyl (C=O) groups is 1. The molecule has 1 aliphatic heterocycles. The zero-order valence-corrected chi connectivity index (χ0v) is 28.2. The van der Waals surface area contributed by atoms with E-state index in [2.05, 4.69) is 43.5 Å². The van der Waals surface area contributed by atoms with Crippen molar-refractivity contribution in [2.24, 2.45) is 4.99 Å². The highest BCUT2D eigenvalue weighted by atomic mass is 32.1. The fraction of sp³-hybridized carbons (Fsp3) is 0.371. The molecule has 0 radical (unpaired) electrons. The number of esters is 1. The van der Waals surface area contributed by atoms with Crippen molar-refractivity contribution < 1.29 is 9.53 Å². The van der Waals surface area contributed by atoms with Crippen molar-refractivity contribution in [3.63, 3.8) is 0 Å². The summed E-state index contributed by atoms with van der Waals surface area (Å²) in [7, 11) is 0. The van der Waals surface area contributed by atoms with Gasteiger partial charge in [-0.2, -0.15) is 5.26 Å². The number of thiophene rings is 1. The van der Waals surface area contributed by atoms with Gasteiger partial charge >= 0.3 is 5.97 Å². The molecule has 4 heterocycles. The Labute approximate surface area is 266 Å². The number of aryl methyl sites for hydroxylation is 2. The van der Waals surface area contributed by atoms with Crippen LogP contribution in [0.15, 0.2) is 51.4 Å². The van der Waals surface area contributed by atoms with Crippen LogP contribution in [0.1, 0.15) is 96.6 Å². The number of benzene rings is 1. The Morgan fingerprint density at radius 2 is 1.84 bits per heavy atom. The van der Waals surface area contributed by atoms with E-state index >= 15 is 0 Å². The number of nitriles is 1. The molecule has 0 bridgehead atoms. The van der Waals surface area contributed by atoms with Crippen LogP contribution in [0, 0.1) is 39.0 Å². The van der Waals surface area contributed by atoms with Gasteiger partial charge in [0.1, 0.15) is 11.1 Å². The first kappa shape index (κ1) is 31.4. The second kappa shape index (κ2) is 12.5. The monoisotopic (exact) mass is 626 g/mol. The minimum absolute atomic E-state index is 0.200. The molecular formula is C35H38N4O3S2. The molecule has 0 saturated heterocycles. The molecule has 0 saturated carbocycles. The van der Waals surface area contributed by atoms with E-state index in [0.29, 0.717) is 38.5 Å². The summed E-state index contributed by atoms with van der Waals surface area (Å²) in [6.45, 7) is 16.4. The lowest BCUT2D eigenvalue weighted by Crippen LogP contribution is -2.40. The molecule has 228 valence electrons. The van der Waals surface area contributed by atoms with Crippen molar-refractivity contribution in [1.29, 1.82) is 5.26 Å². The number of thiazole rings is 1. The molecule has 4 aromatic rings. The number of nitrogens with zero attached hydrogens (tertiary/aromatic N) is 4. The number of aromatic nitrogens is 2. The lowest BCUT2D eigenvalue weighted by molar-refractivity contribution is -0.139.